The Morgan fingerprint density at radius 3 is 2.37 bits per heavy atom. The van der Waals surface area contributed by atoms with Gasteiger partial charge in [-0.2, -0.15) is 5.26 Å². The number of carbonyl (C=O) groups is 2. The summed E-state index contributed by atoms with van der Waals surface area (Å²) in [5.74, 6) is -0.799. The Morgan fingerprint density at radius 2 is 1.89 bits per heavy atom. The number of carbonyl (C=O) groups excluding carboxylic acids is 2. The van der Waals surface area contributed by atoms with E-state index in [-0.39, 0.29) is 12.5 Å². The van der Waals surface area contributed by atoms with Crippen molar-refractivity contribution >= 4 is 35.0 Å². The molecule has 1 aromatic rings. The molecule has 0 saturated heterocycles. The molecule has 1 aromatic carbocycles. The molecule has 1 unspecified atom stereocenters. The molecule has 0 aliphatic carbocycles. The summed E-state index contributed by atoms with van der Waals surface area (Å²) >= 11 is 11.7. The van der Waals surface area contributed by atoms with Gasteiger partial charge in [-0.3, -0.25) is 9.59 Å². The van der Waals surface area contributed by atoms with Crippen LogP contribution in [-0.2, 0) is 9.59 Å². The molecule has 0 radical (unpaired) electrons. The average Bonchev–Trinajstić information content (AvgIpc) is 2.32. The van der Waals surface area contributed by atoms with Crippen molar-refractivity contribution < 1.29 is 9.59 Å². The van der Waals surface area contributed by atoms with Crippen LogP contribution >= 0.6 is 23.2 Å². The first kappa shape index (κ1) is 15.3. The SMILES string of the molecule is CC(=O)NCC(=O)NC(C#N)c1cc(Cl)cc(Cl)c1. The van der Waals surface area contributed by atoms with Crippen LogP contribution < -0.4 is 10.6 Å². The van der Waals surface area contributed by atoms with Crippen LogP contribution in [0.5, 0.6) is 0 Å². The van der Waals surface area contributed by atoms with Crippen LogP contribution in [0.3, 0.4) is 0 Å². The minimum atomic E-state index is -0.877. The van der Waals surface area contributed by atoms with E-state index >= 15 is 0 Å². The number of benzene rings is 1. The van der Waals surface area contributed by atoms with Gasteiger partial charge in [0.2, 0.25) is 11.8 Å². The van der Waals surface area contributed by atoms with Crippen LogP contribution in [0, 0.1) is 11.3 Å². The fourth-order valence-corrected chi connectivity index (χ4v) is 1.89. The summed E-state index contributed by atoms with van der Waals surface area (Å²) in [7, 11) is 0. The molecule has 19 heavy (non-hydrogen) atoms. The molecule has 0 aromatic heterocycles. The quantitative estimate of drug-likeness (QED) is 0.889. The molecule has 0 bridgehead atoms. The molecule has 0 aliphatic heterocycles. The van der Waals surface area contributed by atoms with Gasteiger partial charge in [0.25, 0.3) is 0 Å². The monoisotopic (exact) mass is 299 g/mol. The molecule has 5 nitrogen and oxygen atoms in total. The number of rotatable bonds is 4. The lowest BCUT2D eigenvalue weighted by Gasteiger charge is -2.13. The lowest BCUT2D eigenvalue weighted by molar-refractivity contribution is -0.125. The number of nitriles is 1. The third-order valence-electron chi connectivity index (χ3n) is 2.15. The standard InChI is InChI=1S/C12H11Cl2N3O2/c1-7(18)16-6-12(19)17-11(5-15)8-2-9(13)4-10(14)3-8/h2-4,11H,6H2,1H3,(H,16,18)(H,17,19). The molecule has 0 spiro atoms. The molecule has 0 fully saturated rings. The van der Waals surface area contributed by atoms with E-state index in [1.54, 1.807) is 12.1 Å². The highest BCUT2D eigenvalue weighted by Gasteiger charge is 2.15. The van der Waals surface area contributed by atoms with Gasteiger partial charge in [0.05, 0.1) is 12.6 Å². The van der Waals surface area contributed by atoms with Crippen molar-refractivity contribution in [1.29, 1.82) is 5.26 Å². The van der Waals surface area contributed by atoms with Gasteiger partial charge in [-0.15, -0.1) is 0 Å². The van der Waals surface area contributed by atoms with Crippen molar-refractivity contribution in [3.05, 3.63) is 33.8 Å². The zero-order valence-electron chi connectivity index (χ0n) is 10.0. The smallest absolute Gasteiger partial charge is 0.240 e. The molecule has 100 valence electrons. The molecular weight excluding hydrogens is 289 g/mol. The van der Waals surface area contributed by atoms with Crippen LogP contribution in [0.2, 0.25) is 10.0 Å². The molecule has 7 heteroatoms. The summed E-state index contributed by atoms with van der Waals surface area (Å²) < 4.78 is 0. The van der Waals surface area contributed by atoms with Gasteiger partial charge in [-0.25, -0.2) is 0 Å². The Morgan fingerprint density at radius 1 is 1.32 bits per heavy atom. The lowest BCUT2D eigenvalue weighted by Crippen LogP contribution is -2.37. The minimum absolute atomic E-state index is 0.193. The first-order valence-electron chi connectivity index (χ1n) is 5.32. The van der Waals surface area contributed by atoms with Gasteiger partial charge >= 0.3 is 0 Å². The van der Waals surface area contributed by atoms with Crippen molar-refractivity contribution in [2.45, 2.75) is 13.0 Å². The second kappa shape index (κ2) is 6.98. The van der Waals surface area contributed by atoms with Gasteiger partial charge in [0, 0.05) is 17.0 Å². The molecule has 1 atom stereocenters. The Bertz CT molecular complexity index is 520. The summed E-state index contributed by atoms with van der Waals surface area (Å²) in [6, 6.07) is 5.66. The summed E-state index contributed by atoms with van der Waals surface area (Å²) in [6.07, 6.45) is 0. The Kier molecular flexibility index (Phi) is 5.61. The second-order valence-electron chi connectivity index (χ2n) is 3.74. The van der Waals surface area contributed by atoms with Crippen LogP contribution in [0.15, 0.2) is 18.2 Å². The number of amides is 2. The lowest BCUT2D eigenvalue weighted by atomic mass is 10.1. The van der Waals surface area contributed by atoms with Gasteiger partial charge in [-0.05, 0) is 23.8 Å². The zero-order valence-corrected chi connectivity index (χ0v) is 11.5. The molecule has 0 aliphatic rings. The van der Waals surface area contributed by atoms with Crippen molar-refractivity contribution in [3.8, 4) is 6.07 Å². The van der Waals surface area contributed by atoms with Crippen LogP contribution in [0.4, 0.5) is 0 Å². The van der Waals surface area contributed by atoms with E-state index in [9.17, 15) is 9.59 Å². The van der Waals surface area contributed by atoms with E-state index in [1.807, 2.05) is 6.07 Å². The first-order chi connectivity index (χ1) is 8.92. The fraction of sp³-hybridized carbons (Fsp3) is 0.250. The second-order valence-corrected chi connectivity index (χ2v) is 4.62. The highest BCUT2D eigenvalue weighted by atomic mass is 35.5. The van der Waals surface area contributed by atoms with Crippen molar-refractivity contribution in [2.24, 2.45) is 0 Å². The normalized spacial score (nSPS) is 11.3. The van der Waals surface area contributed by atoms with E-state index in [1.165, 1.54) is 13.0 Å². The maximum absolute atomic E-state index is 11.5. The number of hydrogen-bond acceptors (Lipinski definition) is 3. The Labute approximate surface area is 120 Å². The van der Waals surface area contributed by atoms with Crippen LogP contribution in [0.25, 0.3) is 0 Å². The molecular formula is C12H11Cl2N3O2. The minimum Gasteiger partial charge on any atom is -0.347 e. The molecule has 1 rings (SSSR count). The zero-order chi connectivity index (χ0) is 14.4. The van der Waals surface area contributed by atoms with Gasteiger partial charge in [0.15, 0.2) is 0 Å². The summed E-state index contributed by atoms with van der Waals surface area (Å²) in [4.78, 5) is 22.2. The van der Waals surface area contributed by atoms with Crippen molar-refractivity contribution in [3.63, 3.8) is 0 Å². The van der Waals surface area contributed by atoms with E-state index in [0.717, 1.165) is 0 Å². The summed E-state index contributed by atoms with van der Waals surface area (Å²) in [5, 5.41) is 14.6. The average molecular weight is 300 g/mol. The van der Waals surface area contributed by atoms with Crippen molar-refractivity contribution in [1.82, 2.24) is 10.6 Å². The largest absolute Gasteiger partial charge is 0.347 e. The number of hydrogen-bond donors (Lipinski definition) is 2. The number of halogens is 2. The van der Waals surface area contributed by atoms with Gasteiger partial charge in [0.1, 0.15) is 6.04 Å². The van der Waals surface area contributed by atoms with E-state index < -0.39 is 11.9 Å². The van der Waals surface area contributed by atoms with E-state index in [0.29, 0.717) is 15.6 Å². The van der Waals surface area contributed by atoms with E-state index in [4.69, 9.17) is 28.5 Å². The van der Waals surface area contributed by atoms with Crippen LogP contribution in [0.1, 0.15) is 18.5 Å². The number of nitrogens with zero attached hydrogens (tertiary/aromatic N) is 1. The predicted molar refractivity (Wildman–Crippen MR) is 71.6 cm³/mol. The maximum atomic E-state index is 11.5. The van der Waals surface area contributed by atoms with Gasteiger partial charge in [-0.1, -0.05) is 23.2 Å². The first-order valence-corrected chi connectivity index (χ1v) is 6.07. The van der Waals surface area contributed by atoms with Gasteiger partial charge < -0.3 is 10.6 Å². The maximum Gasteiger partial charge on any atom is 0.240 e. The number of nitrogens with one attached hydrogen (secondary N) is 2. The van der Waals surface area contributed by atoms with Crippen molar-refractivity contribution in [2.75, 3.05) is 6.54 Å². The highest BCUT2D eigenvalue weighted by Crippen LogP contribution is 2.23. The summed E-state index contributed by atoms with van der Waals surface area (Å²) in [5.41, 5.74) is 0.483. The topological polar surface area (TPSA) is 82.0 Å². The highest BCUT2D eigenvalue weighted by molar-refractivity contribution is 6.34. The predicted octanol–water partition coefficient (Wildman–Crippen LogP) is 1.81. The third kappa shape index (κ3) is 5.16. The van der Waals surface area contributed by atoms with E-state index in [2.05, 4.69) is 10.6 Å². The Hall–Kier alpha value is -1.77. The third-order valence-corrected chi connectivity index (χ3v) is 2.59. The molecule has 0 saturated carbocycles. The Balaban J connectivity index is 2.76. The summed E-state index contributed by atoms with van der Waals surface area (Å²) in [6.45, 7) is 1.10. The fourth-order valence-electron chi connectivity index (χ4n) is 1.35. The molecule has 0 heterocycles. The molecule has 2 N–H and O–H groups in total. The van der Waals surface area contributed by atoms with Crippen LogP contribution in [-0.4, -0.2) is 18.4 Å². The molecule has 2 amide bonds.